The van der Waals surface area contributed by atoms with Gasteiger partial charge in [0.1, 0.15) is 18.0 Å². The average Bonchev–Trinajstić information content (AvgIpc) is 2.76. The highest BCUT2D eigenvalue weighted by Gasteiger charge is 2.41. The predicted molar refractivity (Wildman–Crippen MR) is 113 cm³/mol. The van der Waals surface area contributed by atoms with Crippen LogP contribution in [0.2, 0.25) is 0 Å². The van der Waals surface area contributed by atoms with E-state index < -0.39 is 45.3 Å². The molecule has 0 radical (unpaired) electrons. The summed E-state index contributed by atoms with van der Waals surface area (Å²) >= 11 is 0. The van der Waals surface area contributed by atoms with Crippen LogP contribution in [0.1, 0.15) is 29.5 Å². The maximum atomic E-state index is 14.6. The molecule has 0 amide bonds. The summed E-state index contributed by atoms with van der Waals surface area (Å²) in [5.74, 6) is -3.50. The van der Waals surface area contributed by atoms with Crippen LogP contribution >= 0.6 is 0 Å². The summed E-state index contributed by atoms with van der Waals surface area (Å²) in [5.41, 5.74) is 7.01. The first-order chi connectivity index (χ1) is 15.2. The molecule has 10 heteroatoms. The first kappa shape index (κ1) is 22.2. The molecule has 3 atom stereocenters. The van der Waals surface area contributed by atoms with E-state index in [9.17, 15) is 21.6 Å². The van der Waals surface area contributed by atoms with Crippen molar-refractivity contribution >= 4 is 15.7 Å². The fourth-order valence-electron chi connectivity index (χ4n) is 4.37. The van der Waals surface area contributed by atoms with Gasteiger partial charge < -0.3 is 10.6 Å². The molecular formula is C22H21F3N4O2S. The van der Waals surface area contributed by atoms with Crippen LogP contribution in [-0.2, 0) is 9.84 Å². The number of nitrogens with two attached hydrogens (primary N) is 1. The van der Waals surface area contributed by atoms with Crippen LogP contribution in [0, 0.1) is 17.5 Å². The van der Waals surface area contributed by atoms with Crippen LogP contribution in [0.4, 0.5) is 19.0 Å². The lowest BCUT2D eigenvalue weighted by atomic mass is 9.78. The summed E-state index contributed by atoms with van der Waals surface area (Å²) in [7, 11) is -3.61. The number of anilines is 1. The second kappa shape index (κ2) is 8.51. The fraction of sp³-hybridized carbons (Fsp3) is 0.273. The number of halogens is 3. The Morgan fingerprint density at radius 2 is 1.75 bits per heavy atom. The maximum Gasteiger partial charge on any atom is 0.175 e. The highest BCUT2D eigenvalue weighted by Crippen LogP contribution is 2.43. The van der Waals surface area contributed by atoms with Crippen LogP contribution < -0.4 is 10.6 Å². The molecule has 1 aliphatic rings. The van der Waals surface area contributed by atoms with E-state index in [2.05, 4.69) is 9.97 Å². The first-order valence-corrected chi connectivity index (χ1v) is 11.8. The van der Waals surface area contributed by atoms with Crippen molar-refractivity contribution in [1.29, 1.82) is 0 Å². The summed E-state index contributed by atoms with van der Waals surface area (Å²) in [6.45, 7) is 0.330. The molecule has 1 aliphatic heterocycles. The quantitative estimate of drug-likeness (QED) is 0.598. The Morgan fingerprint density at radius 1 is 1.03 bits per heavy atom. The molecule has 2 N–H and O–H groups in total. The highest BCUT2D eigenvalue weighted by molar-refractivity contribution is 7.90. The van der Waals surface area contributed by atoms with Gasteiger partial charge in [-0.3, -0.25) is 0 Å². The van der Waals surface area contributed by atoms with Gasteiger partial charge in [0.25, 0.3) is 0 Å². The molecule has 6 nitrogen and oxygen atoms in total. The van der Waals surface area contributed by atoms with Gasteiger partial charge in [-0.15, -0.1) is 0 Å². The van der Waals surface area contributed by atoms with E-state index in [-0.39, 0.29) is 10.5 Å². The van der Waals surface area contributed by atoms with Crippen molar-refractivity contribution in [2.24, 2.45) is 5.73 Å². The third-order valence-corrected chi connectivity index (χ3v) is 6.95. The van der Waals surface area contributed by atoms with E-state index in [1.165, 1.54) is 12.4 Å². The predicted octanol–water partition coefficient (Wildman–Crippen LogP) is 3.36. The summed E-state index contributed by atoms with van der Waals surface area (Å²) in [6.07, 6.45) is 4.34. The summed E-state index contributed by atoms with van der Waals surface area (Å²) in [6, 6.07) is 7.87. The van der Waals surface area contributed by atoms with Crippen molar-refractivity contribution in [3.05, 3.63) is 83.6 Å². The molecule has 2 heterocycles. The van der Waals surface area contributed by atoms with Crippen molar-refractivity contribution < 1.29 is 21.6 Å². The van der Waals surface area contributed by atoms with E-state index in [0.29, 0.717) is 30.4 Å². The number of benzene rings is 2. The monoisotopic (exact) mass is 462 g/mol. The summed E-state index contributed by atoms with van der Waals surface area (Å²) < 4.78 is 67.0. The van der Waals surface area contributed by atoms with E-state index in [4.69, 9.17) is 5.73 Å². The molecule has 0 bridgehead atoms. The van der Waals surface area contributed by atoms with Gasteiger partial charge in [-0.05, 0) is 35.7 Å². The Bertz CT molecular complexity index is 1240. The van der Waals surface area contributed by atoms with Crippen molar-refractivity contribution in [2.45, 2.75) is 29.3 Å². The number of hydrogen-bond acceptors (Lipinski definition) is 6. The normalized spacial score (nSPS) is 21.5. The minimum absolute atomic E-state index is 0.0411. The Morgan fingerprint density at radius 3 is 2.44 bits per heavy atom. The number of hydrogen-bond donors (Lipinski definition) is 1. The van der Waals surface area contributed by atoms with Crippen molar-refractivity contribution in [2.75, 3.05) is 17.7 Å². The highest BCUT2D eigenvalue weighted by atomic mass is 32.2. The standard InChI is InChI=1S/C22H21F3N4O2S/c1-32(30,31)19-5-3-2-4-14(19)22-21(26)13(15-10-17(24)18(25)11-16(15)23)7-9-29(22)20-6-8-27-12-28-20/h2-6,8,10-13,21-22H,7,9,26H2,1H3. The molecule has 2 aromatic carbocycles. The molecule has 0 saturated carbocycles. The van der Waals surface area contributed by atoms with E-state index >= 15 is 0 Å². The summed E-state index contributed by atoms with van der Waals surface area (Å²) in [4.78, 5) is 10.1. The third kappa shape index (κ3) is 4.07. The van der Waals surface area contributed by atoms with Gasteiger partial charge in [0, 0.05) is 37.0 Å². The smallest absolute Gasteiger partial charge is 0.175 e. The minimum atomic E-state index is -3.61. The lowest BCUT2D eigenvalue weighted by molar-refractivity contribution is 0.346. The van der Waals surface area contributed by atoms with Crippen LogP contribution in [0.3, 0.4) is 0 Å². The first-order valence-electron chi connectivity index (χ1n) is 9.90. The lowest BCUT2D eigenvalue weighted by Gasteiger charge is -2.45. The zero-order chi connectivity index (χ0) is 23.0. The molecule has 1 fully saturated rings. The molecule has 0 aliphatic carbocycles. The SMILES string of the molecule is CS(=O)(=O)c1ccccc1C1C(N)C(c2cc(F)c(F)cc2F)CCN1c1ccncn1. The zero-order valence-electron chi connectivity index (χ0n) is 17.1. The molecule has 168 valence electrons. The molecule has 3 aromatic rings. The van der Waals surface area contributed by atoms with Gasteiger partial charge >= 0.3 is 0 Å². The Kier molecular flexibility index (Phi) is 5.91. The van der Waals surface area contributed by atoms with Crippen molar-refractivity contribution in [3.63, 3.8) is 0 Å². The van der Waals surface area contributed by atoms with Gasteiger partial charge in [0.15, 0.2) is 21.5 Å². The van der Waals surface area contributed by atoms with E-state index in [1.807, 2.05) is 4.90 Å². The average molecular weight is 462 g/mol. The van der Waals surface area contributed by atoms with Crippen molar-refractivity contribution in [3.8, 4) is 0 Å². The van der Waals surface area contributed by atoms with Gasteiger partial charge in [-0.1, -0.05) is 18.2 Å². The fourth-order valence-corrected chi connectivity index (χ4v) is 5.31. The van der Waals surface area contributed by atoms with Gasteiger partial charge in [-0.2, -0.15) is 0 Å². The Labute approximate surface area is 183 Å². The maximum absolute atomic E-state index is 14.6. The summed E-state index contributed by atoms with van der Waals surface area (Å²) in [5, 5.41) is 0. The van der Waals surface area contributed by atoms with Crippen LogP contribution in [0.25, 0.3) is 0 Å². The van der Waals surface area contributed by atoms with Crippen LogP contribution in [-0.4, -0.2) is 37.2 Å². The molecule has 4 rings (SSSR count). The zero-order valence-corrected chi connectivity index (χ0v) is 17.9. The number of nitrogens with zero attached hydrogens (tertiary/aromatic N) is 3. The topological polar surface area (TPSA) is 89.2 Å². The lowest BCUT2D eigenvalue weighted by Crippen LogP contribution is -2.51. The number of aromatic nitrogens is 2. The second-order valence-electron chi connectivity index (χ2n) is 7.78. The molecule has 1 saturated heterocycles. The number of piperidine rings is 1. The molecule has 1 aromatic heterocycles. The van der Waals surface area contributed by atoms with Crippen molar-refractivity contribution in [1.82, 2.24) is 9.97 Å². The van der Waals surface area contributed by atoms with Crippen LogP contribution in [0.5, 0.6) is 0 Å². The van der Waals surface area contributed by atoms with Gasteiger partial charge in [-0.25, -0.2) is 31.6 Å². The number of rotatable bonds is 4. The largest absolute Gasteiger partial charge is 0.348 e. The number of sulfone groups is 1. The van der Waals surface area contributed by atoms with Gasteiger partial charge in [0.05, 0.1) is 10.9 Å². The minimum Gasteiger partial charge on any atom is -0.348 e. The molecular weight excluding hydrogens is 441 g/mol. The van der Waals surface area contributed by atoms with E-state index in [1.54, 1.807) is 30.5 Å². The molecule has 0 spiro atoms. The Hall–Kier alpha value is -2.98. The Balaban J connectivity index is 1.87. The van der Waals surface area contributed by atoms with Crippen LogP contribution in [0.15, 0.2) is 59.9 Å². The molecule has 3 unspecified atom stereocenters. The van der Waals surface area contributed by atoms with Gasteiger partial charge in [0.2, 0.25) is 0 Å². The van der Waals surface area contributed by atoms with E-state index in [0.717, 1.165) is 12.3 Å². The molecule has 32 heavy (non-hydrogen) atoms. The second-order valence-corrected chi connectivity index (χ2v) is 9.76. The third-order valence-electron chi connectivity index (χ3n) is 5.78.